The number of anilines is 2. The van der Waals surface area contributed by atoms with Gasteiger partial charge in [-0.3, -0.25) is 0 Å². The van der Waals surface area contributed by atoms with E-state index >= 15 is 0 Å². The van der Waals surface area contributed by atoms with Crippen molar-refractivity contribution in [1.29, 1.82) is 5.26 Å². The quantitative estimate of drug-likeness (QED) is 0.637. The lowest BCUT2D eigenvalue weighted by molar-refractivity contribution is 0.595. The molecule has 5 nitrogen and oxygen atoms in total. The van der Waals surface area contributed by atoms with E-state index in [1.54, 1.807) is 18.3 Å². The third-order valence-electron chi connectivity index (χ3n) is 3.82. The molecule has 2 heterocycles. The zero-order valence-electron chi connectivity index (χ0n) is 12.7. The SMILES string of the molecule is CSc1ncc(C#N)c(N2CCN(c3ccccc3F)CC2)n1. The van der Waals surface area contributed by atoms with Gasteiger partial charge in [-0.2, -0.15) is 5.26 Å². The molecule has 0 bridgehead atoms. The summed E-state index contributed by atoms with van der Waals surface area (Å²) in [4.78, 5) is 12.7. The second-order valence-corrected chi connectivity index (χ2v) is 5.90. The van der Waals surface area contributed by atoms with Crippen LogP contribution in [0.2, 0.25) is 0 Å². The molecule has 0 spiro atoms. The van der Waals surface area contributed by atoms with Crippen LogP contribution >= 0.6 is 11.8 Å². The number of hydrogen-bond donors (Lipinski definition) is 0. The molecular formula is C16H16FN5S. The third kappa shape index (κ3) is 3.22. The standard InChI is InChI=1S/C16H16FN5S/c1-23-16-19-11-12(10-18)15(20-16)22-8-6-21(7-9-22)14-5-3-2-4-13(14)17/h2-5,11H,6-9H2,1H3. The van der Waals surface area contributed by atoms with Crippen LogP contribution in [0.3, 0.4) is 0 Å². The largest absolute Gasteiger partial charge is 0.366 e. The topological polar surface area (TPSA) is 56.1 Å². The number of halogens is 1. The summed E-state index contributed by atoms with van der Waals surface area (Å²) >= 11 is 1.45. The molecule has 23 heavy (non-hydrogen) atoms. The maximum atomic E-state index is 13.9. The number of nitriles is 1. The van der Waals surface area contributed by atoms with Crippen molar-refractivity contribution in [3.8, 4) is 6.07 Å². The predicted molar refractivity (Wildman–Crippen MR) is 89.4 cm³/mol. The summed E-state index contributed by atoms with van der Waals surface area (Å²) in [7, 11) is 0. The molecular weight excluding hydrogens is 313 g/mol. The van der Waals surface area contributed by atoms with E-state index in [0.29, 0.717) is 48.4 Å². The minimum absolute atomic E-state index is 0.203. The average Bonchev–Trinajstić information content (AvgIpc) is 2.62. The normalized spacial score (nSPS) is 14.7. The summed E-state index contributed by atoms with van der Waals surface area (Å²) in [6, 6.07) is 8.95. The second-order valence-electron chi connectivity index (χ2n) is 5.13. The van der Waals surface area contributed by atoms with E-state index in [4.69, 9.17) is 0 Å². The molecule has 0 N–H and O–H groups in total. The first-order valence-corrected chi connectivity index (χ1v) is 8.51. The van der Waals surface area contributed by atoms with Gasteiger partial charge in [-0.15, -0.1) is 0 Å². The van der Waals surface area contributed by atoms with Crippen LogP contribution < -0.4 is 9.80 Å². The Morgan fingerprint density at radius 2 is 1.87 bits per heavy atom. The van der Waals surface area contributed by atoms with Gasteiger partial charge < -0.3 is 9.80 Å². The Kier molecular flexibility index (Phi) is 4.63. The molecule has 118 valence electrons. The van der Waals surface area contributed by atoms with E-state index in [1.165, 1.54) is 17.8 Å². The van der Waals surface area contributed by atoms with Gasteiger partial charge >= 0.3 is 0 Å². The fraction of sp³-hybridized carbons (Fsp3) is 0.312. The molecule has 0 unspecified atom stereocenters. The highest BCUT2D eigenvalue weighted by molar-refractivity contribution is 7.98. The molecule has 0 aliphatic carbocycles. The van der Waals surface area contributed by atoms with Crippen LogP contribution in [0.4, 0.5) is 15.9 Å². The van der Waals surface area contributed by atoms with Crippen LogP contribution in [0.1, 0.15) is 5.56 Å². The van der Waals surface area contributed by atoms with Crippen molar-refractivity contribution in [2.45, 2.75) is 5.16 Å². The van der Waals surface area contributed by atoms with Gasteiger partial charge in [0, 0.05) is 26.2 Å². The first-order chi connectivity index (χ1) is 11.2. The highest BCUT2D eigenvalue weighted by atomic mass is 32.2. The van der Waals surface area contributed by atoms with E-state index in [1.807, 2.05) is 17.2 Å². The average molecular weight is 329 g/mol. The Bertz CT molecular complexity index is 737. The molecule has 3 rings (SSSR count). The zero-order chi connectivity index (χ0) is 16.2. The number of hydrogen-bond acceptors (Lipinski definition) is 6. The molecule has 0 radical (unpaired) electrons. The van der Waals surface area contributed by atoms with E-state index in [-0.39, 0.29) is 5.82 Å². The number of benzene rings is 1. The van der Waals surface area contributed by atoms with Crippen molar-refractivity contribution in [3.63, 3.8) is 0 Å². The van der Waals surface area contributed by atoms with Crippen LogP contribution in [-0.2, 0) is 0 Å². The fourth-order valence-electron chi connectivity index (χ4n) is 2.64. The van der Waals surface area contributed by atoms with E-state index in [0.717, 1.165) is 0 Å². The molecule has 2 aromatic rings. The minimum atomic E-state index is -0.203. The molecule has 0 amide bonds. The van der Waals surface area contributed by atoms with E-state index in [9.17, 15) is 9.65 Å². The number of para-hydroxylation sites is 1. The van der Waals surface area contributed by atoms with Crippen molar-refractivity contribution >= 4 is 23.3 Å². The Balaban J connectivity index is 1.77. The van der Waals surface area contributed by atoms with Crippen molar-refractivity contribution in [3.05, 3.63) is 41.8 Å². The maximum absolute atomic E-state index is 13.9. The Labute approximate surface area is 138 Å². The summed E-state index contributed by atoms with van der Waals surface area (Å²) in [6.45, 7) is 2.75. The minimum Gasteiger partial charge on any atom is -0.366 e. The van der Waals surface area contributed by atoms with Gasteiger partial charge in [0.25, 0.3) is 0 Å². The Morgan fingerprint density at radius 3 is 2.52 bits per heavy atom. The monoisotopic (exact) mass is 329 g/mol. The lowest BCUT2D eigenvalue weighted by atomic mass is 10.2. The molecule has 1 aromatic heterocycles. The lowest BCUT2D eigenvalue weighted by Gasteiger charge is -2.37. The second kappa shape index (κ2) is 6.84. The van der Waals surface area contributed by atoms with Crippen LogP contribution in [0, 0.1) is 17.1 Å². The van der Waals surface area contributed by atoms with Crippen molar-refractivity contribution in [2.24, 2.45) is 0 Å². The van der Waals surface area contributed by atoms with E-state index in [2.05, 4.69) is 20.9 Å². The number of thioether (sulfide) groups is 1. The molecule has 1 aromatic carbocycles. The number of rotatable bonds is 3. The van der Waals surface area contributed by atoms with Crippen molar-refractivity contribution in [2.75, 3.05) is 42.2 Å². The van der Waals surface area contributed by atoms with Crippen LogP contribution in [0.15, 0.2) is 35.6 Å². The number of nitrogens with zero attached hydrogens (tertiary/aromatic N) is 5. The predicted octanol–water partition coefficient (Wildman–Crippen LogP) is 2.54. The maximum Gasteiger partial charge on any atom is 0.189 e. The van der Waals surface area contributed by atoms with Gasteiger partial charge in [0.15, 0.2) is 11.0 Å². The molecule has 0 atom stereocenters. The lowest BCUT2D eigenvalue weighted by Crippen LogP contribution is -2.47. The molecule has 1 fully saturated rings. The van der Waals surface area contributed by atoms with Crippen molar-refractivity contribution in [1.82, 2.24) is 9.97 Å². The highest BCUT2D eigenvalue weighted by Crippen LogP contribution is 2.24. The van der Waals surface area contributed by atoms with Crippen LogP contribution in [0.25, 0.3) is 0 Å². The summed E-state index contributed by atoms with van der Waals surface area (Å²) in [5, 5.41) is 9.90. The zero-order valence-corrected chi connectivity index (χ0v) is 13.6. The molecule has 1 aliphatic heterocycles. The number of aromatic nitrogens is 2. The summed E-state index contributed by atoms with van der Waals surface area (Å²) in [5.41, 5.74) is 1.10. The first-order valence-electron chi connectivity index (χ1n) is 7.28. The first kappa shape index (κ1) is 15.6. The Morgan fingerprint density at radius 1 is 1.17 bits per heavy atom. The van der Waals surface area contributed by atoms with Crippen molar-refractivity contribution < 1.29 is 4.39 Å². The molecule has 1 saturated heterocycles. The summed E-state index contributed by atoms with van der Waals surface area (Å²) in [5.74, 6) is 0.463. The summed E-state index contributed by atoms with van der Waals surface area (Å²) < 4.78 is 13.9. The number of piperazine rings is 1. The summed E-state index contributed by atoms with van der Waals surface area (Å²) in [6.07, 6.45) is 3.47. The van der Waals surface area contributed by atoms with E-state index < -0.39 is 0 Å². The van der Waals surface area contributed by atoms with Gasteiger partial charge in [0.05, 0.1) is 11.9 Å². The molecule has 1 aliphatic rings. The smallest absolute Gasteiger partial charge is 0.189 e. The van der Waals surface area contributed by atoms with Gasteiger partial charge in [-0.25, -0.2) is 14.4 Å². The van der Waals surface area contributed by atoms with Gasteiger partial charge in [0.1, 0.15) is 17.4 Å². The van der Waals surface area contributed by atoms with Crippen LogP contribution in [0.5, 0.6) is 0 Å². The third-order valence-corrected chi connectivity index (χ3v) is 4.38. The Hall–Kier alpha value is -2.33. The fourth-order valence-corrected chi connectivity index (χ4v) is 2.98. The van der Waals surface area contributed by atoms with Crippen LogP contribution in [-0.4, -0.2) is 42.4 Å². The highest BCUT2D eigenvalue weighted by Gasteiger charge is 2.22. The van der Waals surface area contributed by atoms with Gasteiger partial charge in [0.2, 0.25) is 0 Å². The molecule has 0 saturated carbocycles. The molecule has 7 heteroatoms. The van der Waals surface area contributed by atoms with Gasteiger partial charge in [-0.1, -0.05) is 23.9 Å². The van der Waals surface area contributed by atoms with Gasteiger partial charge in [-0.05, 0) is 18.4 Å².